The van der Waals surface area contributed by atoms with Gasteiger partial charge in [-0.05, 0) is 60.3 Å². The molecular formula is C21H22N2O4. The van der Waals surface area contributed by atoms with E-state index in [2.05, 4.69) is 11.9 Å². The largest absolute Gasteiger partial charge is 0.504 e. The summed E-state index contributed by atoms with van der Waals surface area (Å²) in [5.41, 5.74) is 5.38. The maximum atomic E-state index is 10.5. The molecule has 140 valence electrons. The fraction of sp³-hybridized carbons (Fsp3) is 0.381. The minimum absolute atomic E-state index is 0.0384. The highest BCUT2D eigenvalue weighted by Gasteiger charge is 2.36. The van der Waals surface area contributed by atoms with Crippen molar-refractivity contribution in [3.05, 3.63) is 34.9 Å². The molecule has 1 heterocycles. The van der Waals surface area contributed by atoms with Gasteiger partial charge in [0.05, 0.1) is 14.2 Å². The van der Waals surface area contributed by atoms with Gasteiger partial charge in [-0.2, -0.15) is 5.26 Å². The Hall–Kier alpha value is -2.91. The lowest BCUT2D eigenvalue weighted by Crippen LogP contribution is -2.35. The molecule has 6 heteroatoms. The third-order valence-electron chi connectivity index (χ3n) is 5.55. The van der Waals surface area contributed by atoms with Crippen LogP contribution >= 0.6 is 0 Å². The Labute approximate surface area is 158 Å². The van der Waals surface area contributed by atoms with Gasteiger partial charge in [0.2, 0.25) is 0 Å². The maximum absolute atomic E-state index is 10.5. The summed E-state index contributed by atoms with van der Waals surface area (Å²) in [5, 5.41) is 19.4. The molecule has 27 heavy (non-hydrogen) atoms. The van der Waals surface area contributed by atoms with Crippen LogP contribution in [0, 0.1) is 11.3 Å². The van der Waals surface area contributed by atoms with E-state index < -0.39 is 0 Å². The van der Waals surface area contributed by atoms with E-state index in [0.717, 1.165) is 36.1 Å². The smallest absolute Gasteiger partial charge is 0.174 e. The number of benzene rings is 2. The van der Waals surface area contributed by atoms with Crippen molar-refractivity contribution in [2.75, 3.05) is 34.4 Å². The van der Waals surface area contributed by atoms with Gasteiger partial charge in [-0.3, -0.25) is 4.90 Å². The van der Waals surface area contributed by atoms with Crippen LogP contribution in [-0.4, -0.2) is 44.4 Å². The van der Waals surface area contributed by atoms with Crippen LogP contribution in [-0.2, 0) is 12.8 Å². The Balaban J connectivity index is 1.99. The predicted octanol–water partition coefficient (Wildman–Crippen LogP) is 3.06. The van der Waals surface area contributed by atoms with E-state index in [0.29, 0.717) is 17.2 Å². The number of hydrogen-bond donors (Lipinski definition) is 1. The number of aromatic hydroxyl groups is 1. The molecule has 0 radical (unpaired) electrons. The van der Waals surface area contributed by atoms with Gasteiger partial charge in [0.15, 0.2) is 29.6 Å². The second kappa shape index (κ2) is 6.67. The van der Waals surface area contributed by atoms with E-state index in [9.17, 15) is 5.11 Å². The molecule has 0 aromatic heterocycles. The molecule has 0 amide bonds. The van der Waals surface area contributed by atoms with E-state index in [1.54, 1.807) is 14.2 Å². The molecule has 4 rings (SSSR count). The first-order valence-electron chi connectivity index (χ1n) is 8.93. The highest BCUT2D eigenvalue weighted by Crippen LogP contribution is 2.53. The first kappa shape index (κ1) is 17.5. The van der Waals surface area contributed by atoms with Crippen LogP contribution in [0.5, 0.6) is 23.0 Å². The molecule has 0 bridgehead atoms. The molecule has 0 saturated carbocycles. The number of likely N-dealkylation sites (N-methyl/N-ethyl adjacent to an activating group) is 1. The topological polar surface area (TPSA) is 75.0 Å². The van der Waals surface area contributed by atoms with Crippen LogP contribution in [0.4, 0.5) is 0 Å². The zero-order chi connectivity index (χ0) is 19.1. The van der Waals surface area contributed by atoms with E-state index in [4.69, 9.17) is 19.5 Å². The average Bonchev–Trinajstić information content (AvgIpc) is 2.68. The molecule has 2 aromatic carbocycles. The van der Waals surface area contributed by atoms with Crippen molar-refractivity contribution < 1.29 is 19.3 Å². The van der Waals surface area contributed by atoms with Gasteiger partial charge in [-0.1, -0.05) is 0 Å². The third-order valence-corrected chi connectivity index (χ3v) is 5.55. The van der Waals surface area contributed by atoms with Gasteiger partial charge in [0, 0.05) is 18.2 Å². The van der Waals surface area contributed by atoms with Crippen molar-refractivity contribution in [1.29, 1.82) is 5.26 Å². The summed E-state index contributed by atoms with van der Waals surface area (Å²) in [4.78, 5) is 2.34. The third kappa shape index (κ3) is 2.66. The molecule has 1 aliphatic heterocycles. The lowest BCUT2D eigenvalue weighted by Gasteiger charge is -2.40. The lowest BCUT2D eigenvalue weighted by atomic mass is 9.76. The number of ether oxygens (including phenoxy) is 3. The minimum Gasteiger partial charge on any atom is -0.504 e. The Morgan fingerprint density at radius 1 is 1.19 bits per heavy atom. The van der Waals surface area contributed by atoms with Crippen LogP contribution < -0.4 is 14.2 Å². The number of methoxy groups -OCH3 is 2. The second-order valence-corrected chi connectivity index (χ2v) is 6.93. The van der Waals surface area contributed by atoms with Gasteiger partial charge in [0.25, 0.3) is 0 Å². The molecule has 0 saturated heterocycles. The van der Waals surface area contributed by atoms with E-state index in [1.807, 2.05) is 24.3 Å². The highest BCUT2D eigenvalue weighted by molar-refractivity contribution is 5.84. The monoisotopic (exact) mass is 366 g/mol. The number of phenols is 1. The molecular weight excluding hydrogens is 344 g/mol. The summed E-state index contributed by atoms with van der Waals surface area (Å²) in [6.07, 6.45) is 1.72. The van der Waals surface area contributed by atoms with Gasteiger partial charge < -0.3 is 19.3 Å². The van der Waals surface area contributed by atoms with Gasteiger partial charge in [-0.25, -0.2) is 0 Å². The number of rotatable bonds is 4. The molecule has 1 atom stereocenters. The first-order valence-corrected chi connectivity index (χ1v) is 8.93. The van der Waals surface area contributed by atoms with Crippen LogP contribution in [0.15, 0.2) is 18.2 Å². The normalized spacial score (nSPS) is 17.5. The Bertz CT molecular complexity index is 948. The number of phenolic OH excluding ortho intramolecular Hbond substituents is 1. The molecule has 0 spiro atoms. The second-order valence-electron chi connectivity index (χ2n) is 6.93. The maximum Gasteiger partial charge on any atom is 0.174 e. The summed E-state index contributed by atoms with van der Waals surface area (Å²) >= 11 is 0. The van der Waals surface area contributed by atoms with Crippen LogP contribution in [0.25, 0.3) is 11.1 Å². The van der Waals surface area contributed by atoms with Crippen LogP contribution in [0.1, 0.15) is 22.7 Å². The van der Waals surface area contributed by atoms with Crippen molar-refractivity contribution >= 4 is 0 Å². The van der Waals surface area contributed by atoms with E-state index >= 15 is 0 Å². The SMILES string of the molecule is COc1cc2c(cc1OCC#N)CC1c3c(cc(O)c(OC)c3-2)CCN1C. The minimum atomic E-state index is -0.0384. The van der Waals surface area contributed by atoms with Crippen molar-refractivity contribution in [2.24, 2.45) is 0 Å². The van der Waals surface area contributed by atoms with Gasteiger partial charge >= 0.3 is 0 Å². The Morgan fingerprint density at radius 3 is 2.70 bits per heavy atom. The lowest BCUT2D eigenvalue weighted by molar-refractivity contribution is 0.226. The van der Waals surface area contributed by atoms with Gasteiger partial charge in [0.1, 0.15) is 6.07 Å². The summed E-state index contributed by atoms with van der Waals surface area (Å²) in [7, 11) is 5.28. The molecule has 1 unspecified atom stereocenters. The molecule has 6 nitrogen and oxygen atoms in total. The predicted molar refractivity (Wildman–Crippen MR) is 101 cm³/mol. The van der Waals surface area contributed by atoms with Crippen LogP contribution in [0.3, 0.4) is 0 Å². The van der Waals surface area contributed by atoms with Crippen molar-refractivity contribution in [3.63, 3.8) is 0 Å². The number of nitrogens with zero attached hydrogens (tertiary/aromatic N) is 2. The fourth-order valence-electron chi connectivity index (χ4n) is 4.31. The Kier molecular flexibility index (Phi) is 4.33. The number of hydrogen-bond acceptors (Lipinski definition) is 6. The summed E-state index contributed by atoms with van der Waals surface area (Å²) in [5.74, 6) is 1.76. The van der Waals surface area contributed by atoms with Crippen molar-refractivity contribution in [2.45, 2.75) is 18.9 Å². The zero-order valence-electron chi connectivity index (χ0n) is 15.7. The molecule has 1 N–H and O–H groups in total. The molecule has 2 aromatic rings. The van der Waals surface area contributed by atoms with Crippen LogP contribution in [0.2, 0.25) is 0 Å². The summed E-state index contributed by atoms with van der Waals surface area (Å²) in [6, 6.07) is 7.91. The number of nitriles is 1. The summed E-state index contributed by atoms with van der Waals surface area (Å²) < 4.78 is 16.7. The van der Waals surface area contributed by atoms with Crippen molar-refractivity contribution in [1.82, 2.24) is 4.90 Å². The quantitative estimate of drug-likeness (QED) is 0.896. The Morgan fingerprint density at radius 2 is 2.00 bits per heavy atom. The van der Waals surface area contributed by atoms with Gasteiger partial charge in [-0.15, -0.1) is 0 Å². The van der Waals surface area contributed by atoms with E-state index in [1.165, 1.54) is 11.1 Å². The molecule has 1 aliphatic carbocycles. The zero-order valence-corrected chi connectivity index (χ0v) is 15.7. The van der Waals surface area contributed by atoms with E-state index in [-0.39, 0.29) is 18.4 Å². The summed E-state index contributed by atoms with van der Waals surface area (Å²) in [6.45, 7) is 0.898. The fourth-order valence-corrected chi connectivity index (χ4v) is 4.31. The molecule has 2 aliphatic rings. The number of fused-ring (bicyclic) bond motifs is 2. The first-order chi connectivity index (χ1) is 13.1. The standard InChI is InChI=1S/C21H22N2O4/c1-23-6-4-12-9-16(24)21(26-3)20-14-11-17(25-2)18(27-7-5-22)10-13(14)8-15(23)19(12)20/h9-11,15,24H,4,6-8H2,1-3H3. The average molecular weight is 366 g/mol. The highest BCUT2D eigenvalue weighted by atomic mass is 16.5. The molecule has 0 fully saturated rings. The van der Waals surface area contributed by atoms with Crippen molar-refractivity contribution in [3.8, 4) is 40.2 Å².